The van der Waals surface area contributed by atoms with Crippen molar-refractivity contribution in [2.24, 2.45) is 5.92 Å². The van der Waals surface area contributed by atoms with E-state index in [2.05, 4.69) is 56.1 Å². The lowest BCUT2D eigenvalue weighted by Gasteiger charge is -2.14. The summed E-state index contributed by atoms with van der Waals surface area (Å²) in [7, 11) is 0. The second-order valence-electron chi connectivity index (χ2n) is 4.66. The number of hydrogen-bond acceptors (Lipinski definition) is 0. The van der Waals surface area contributed by atoms with Gasteiger partial charge in [0.1, 0.15) is 5.82 Å². The summed E-state index contributed by atoms with van der Waals surface area (Å²) in [6.45, 7) is 0. The first-order valence-corrected chi connectivity index (χ1v) is 8.14. The fourth-order valence-corrected chi connectivity index (χ4v) is 3.01. The molecule has 0 radical (unpaired) electrons. The van der Waals surface area contributed by atoms with Gasteiger partial charge in [0, 0.05) is 5.33 Å². The lowest BCUT2D eigenvalue weighted by Crippen LogP contribution is -2.10. The number of halogens is 3. The Morgan fingerprint density at radius 2 is 1.63 bits per heavy atom. The van der Waals surface area contributed by atoms with E-state index in [0.717, 1.165) is 23.7 Å². The lowest BCUT2D eigenvalue weighted by atomic mass is 9.94. The topological polar surface area (TPSA) is 0 Å². The summed E-state index contributed by atoms with van der Waals surface area (Å²) in [5.74, 6) is 0.307. The average molecular weight is 386 g/mol. The van der Waals surface area contributed by atoms with E-state index in [9.17, 15) is 4.39 Å². The van der Waals surface area contributed by atoms with E-state index in [1.807, 2.05) is 18.2 Å². The first-order valence-electron chi connectivity index (χ1n) is 6.23. The summed E-state index contributed by atoms with van der Waals surface area (Å²) in [5, 5.41) is 0.941. The molecule has 0 saturated heterocycles. The minimum absolute atomic E-state index is 0.206. The lowest BCUT2D eigenvalue weighted by molar-refractivity contribution is 0.586. The SMILES string of the molecule is Fc1ccc(CC(CBr)Cc2ccccc2)cc1Br. The number of alkyl halides is 1. The Bertz CT molecular complexity index is 526. The third kappa shape index (κ3) is 4.43. The van der Waals surface area contributed by atoms with Gasteiger partial charge in [0.2, 0.25) is 0 Å². The van der Waals surface area contributed by atoms with Gasteiger partial charge in [-0.25, -0.2) is 4.39 Å². The molecule has 2 rings (SSSR count). The molecule has 0 aliphatic carbocycles. The third-order valence-corrected chi connectivity index (χ3v) is 4.62. The monoisotopic (exact) mass is 384 g/mol. The predicted octanol–water partition coefficient (Wildman–Crippen LogP) is 5.38. The average Bonchev–Trinajstić information content (AvgIpc) is 2.43. The van der Waals surface area contributed by atoms with Crippen molar-refractivity contribution < 1.29 is 4.39 Å². The van der Waals surface area contributed by atoms with E-state index in [1.54, 1.807) is 0 Å². The molecule has 2 aromatic carbocycles. The molecule has 0 nitrogen and oxygen atoms in total. The highest BCUT2D eigenvalue weighted by molar-refractivity contribution is 9.10. The summed E-state index contributed by atoms with van der Waals surface area (Å²) < 4.78 is 13.7. The van der Waals surface area contributed by atoms with E-state index in [-0.39, 0.29) is 5.82 Å². The molecule has 0 amide bonds. The minimum atomic E-state index is -0.206. The first-order chi connectivity index (χ1) is 9.19. The molecule has 0 N–H and O–H groups in total. The molecule has 0 spiro atoms. The van der Waals surface area contributed by atoms with Crippen LogP contribution in [-0.2, 0) is 12.8 Å². The molecule has 3 heteroatoms. The maximum atomic E-state index is 13.2. The van der Waals surface area contributed by atoms with Crippen LogP contribution in [0.2, 0.25) is 0 Å². The molecule has 0 aliphatic rings. The summed E-state index contributed by atoms with van der Waals surface area (Å²) in [5.41, 5.74) is 2.50. The van der Waals surface area contributed by atoms with Crippen LogP contribution < -0.4 is 0 Å². The largest absolute Gasteiger partial charge is 0.206 e. The molecule has 19 heavy (non-hydrogen) atoms. The zero-order chi connectivity index (χ0) is 13.7. The normalized spacial score (nSPS) is 12.4. The zero-order valence-corrected chi connectivity index (χ0v) is 13.6. The Balaban J connectivity index is 2.04. The molecule has 0 aliphatic heterocycles. The van der Waals surface area contributed by atoms with Gasteiger partial charge in [-0.1, -0.05) is 52.3 Å². The van der Waals surface area contributed by atoms with E-state index >= 15 is 0 Å². The van der Waals surface area contributed by atoms with E-state index in [1.165, 1.54) is 11.6 Å². The van der Waals surface area contributed by atoms with E-state index < -0.39 is 0 Å². The fourth-order valence-electron chi connectivity index (χ4n) is 2.13. The van der Waals surface area contributed by atoms with Crippen LogP contribution in [0.15, 0.2) is 53.0 Å². The van der Waals surface area contributed by atoms with Gasteiger partial charge in [0.25, 0.3) is 0 Å². The van der Waals surface area contributed by atoms with Gasteiger partial charge in [-0.2, -0.15) is 0 Å². The zero-order valence-electron chi connectivity index (χ0n) is 10.5. The minimum Gasteiger partial charge on any atom is -0.206 e. The molecule has 0 fully saturated rings. The maximum absolute atomic E-state index is 13.2. The summed E-state index contributed by atoms with van der Waals surface area (Å²) in [6, 6.07) is 15.7. The van der Waals surface area contributed by atoms with Gasteiger partial charge >= 0.3 is 0 Å². The van der Waals surface area contributed by atoms with Crippen LogP contribution in [-0.4, -0.2) is 5.33 Å². The summed E-state index contributed by atoms with van der Waals surface area (Å²) in [4.78, 5) is 0. The highest BCUT2D eigenvalue weighted by Gasteiger charge is 2.10. The predicted molar refractivity (Wildman–Crippen MR) is 85.2 cm³/mol. The smallest absolute Gasteiger partial charge is 0.137 e. The van der Waals surface area contributed by atoms with Crippen LogP contribution in [0.4, 0.5) is 4.39 Å². The van der Waals surface area contributed by atoms with Gasteiger partial charge in [-0.05, 0) is 57.9 Å². The molecule has 0 aromatic heterocycles. The van der Waals surface area contributed by atoms with Crippen LogP contribution >= 0.6 is 31.9 Å². The van der Waals surface area contributed by atoms with Crippen molar-refractivity contribution >= 4 is 31.9 Å². The molecular formula is C16H15Br2F. The van der Waals surface area contributed by atoms with Crippen molar-refractivity contribution in [1.29, 1.82) is 0 Å². The highest BCUT2D eigenvalue weighted by atomic mass is 79.9. The Kier molecular flexibility index (Phi) is 5.59. The standard InChI is InChI=1S/C16H15Br2F/c17-11-14(8-12-4-2-1-3-5-12)9-13-6-7-16(19)15(18)10-13/h1-7,10,14H,8-9,11H2. The van der Waals surface area contributed by atoms with Crippen LogP contribution in [0.1, 0.15) is 11.1 Å². The first kappa shape index (κ1) is 14.7. The van der Waals surface area contributed by atoms with Crippen molar-refractivity contribution in [1.82, 2.24) is 0 Å². The van der Waals surface area contributed by atoms with Crippen molar-refractivity contribution in [2.45, 2.75) is 12.8 Å². The molecule has 2 aromatic rings. The Morgan fingerprint density at radius 1 is 0.947 bits per heavy atom. The maximum Gasteiger partial charge on any atom is 0.137 e. The fraction of sp³-hybridized carbons (Fsp3) is 0.250. The van der Waals surface area contributed by atoms with Gasteiger partial charge < -0.3 is 0 Å². The Labute approximate surface area is 130 Å². The summed E-state index contributed by atoms with van der Waals surface area (Å²) in [6.07, 6.45) is 1.97. The quantitative estimate of drug-likeness (QED) is 0.605. The van der Waals surface area contributed by atoms with Crippen LogP contribution in [0.5, 0.6) is 0 Å². The van der Waals surface area contributed by atoms with E-state index in [4.69, 9.17) is 0 Å². The van der Waals surface area contributed by atoms with E-state index in [0.29, 0.717) is 10.4 Å². The van der Waals surface area contributed by atoms with Gasteiger partial charge in [0.05, 0.1) is 4.47 Å². The number of hydrogen-bond donors (Lipinski definition) is 0. The number of benzene rings is 2. The van der Waals surface area contributed by atoms with Gasteiger partial charge in [-0.3, -0.25) is 0 Å². The number of rotatable bonds is 5. The van der Waals surface area contributed by atoms with Gasteiger partial charge in [0.15, 0.2) is 0 Å². The van der Waals surface area contributed by atoms with Crippen LogP contribution in [0.3, 0.4) is 0 Å². The van der Waals surface area contributed by atoms with Gasteiger partial charge in [-0.15, -0.1) is 0 Å². The highest BCUT2D eigenvalue weighted by Crippen LogP contribution is 2.21. The summed E-state index contributed by atoms with van der Waals surface area (Å²) >= 11 is 6.82. The molecule has 100 valence electrons. The van der Waals surface area contributed by atoms with Crippen molar-refractivity contribution in [3.63, 3.8) is 0 Å². The molecule has 1 atom stereocenters. The van der Waals surface area contributed by atoms with Crippen LogP contribution in [0.25, 0.3) is 0 Å². The molecule has 0 saturated carbocycles. The molecular weight excluding hydrogens is 371 g/mol. The Hall–Kier alpha value is -0.670. The second-order valence-corrected chi connectivity index (χ2v) is 6.16. The molecule has 0 bridgehead atoms. The second kappa shape index (κ2) is 7.20. The van der Waals surface area contributed by atoms with Crippen molar-refractivity contribution in [3.8, 4) is 0 Å². The third-order valence-electron chi connectivity index (χ3n) is 3.09. The Morgan fingerprint density at radius 3 is 2.26 bits per heavy atom. The van der Waals surface area contributed by atoms with Crippen molar-refractivity contribution in [2.75, 3.05) is 5.33 Å². The molecule has 0 heterocycles. The van der Waals surface area contributed by atoms with Crippen LogP contribution in [0, 0.1) is 11.7 Å². The van der Waals surface area contributed by atoms with Crippen molar-refractivity contribution in [3.05, 3.63) is 69.9 Å². The molecule has 1 unspecified atom stereocenters.